The van der Waals surface area contributed by atoms with Crippen molar-refractivity contribution >= 4 is 18.3 Å². The Morgan fingerprint density at radius 1 is 1.21 bits per heavy atom. The van der Waals surface area contributed by atoms with Gasteiger partial charge in [0.1, 0.15) is 6.04 Å². The summed E-state index contributed by atoms with van der Waals surface area (Å²) in [6.45, 7) is 1.42. The molecule has 1 fully saturated rings. The second-order valence-corrected chi connectivity index (χ2v) is 4.24. The highest BCUT2D eigenvalue weighted by Crippen LogP contribution is 2.30. The third kappa shape index (κ3) is 4.72. The zero-order valence-electron chi connectivity index (χ0n) is 9.73. The number of nitrogens with one attached hydrogen (secondary N) is 2. The van der Waals surface area contributed by atoms with Gasteiger partial charge in [-0.15, -0.1) is 12.4 Å². The summed E-state index contributed by atoms with van der Waals surface area (Å²) in [6, 6.07) is -3.78. The molecule has 0 saturated carbocycles. The van der Waals surface area contributed by atoms with E-state index in [0.29, 0.717) is 0 Å². The second-order valence-electron chi connectivity index (χ2n) is 4.24. The van der Waals surface area contributed by atoms with Crippen molar-refractivity contribution in [3.63, 3.8) is 0 Å². The number of carbonyl (C=O) groups excluding carboxylic acids is 1. The number of amides is 1. The van der Waals surface area contributed by atoms with Gasteiger partial charge in [0.25, 0.3) is 0 Å². The molecule has 1 aliphatic heterocycles. The lowest BCUT2D eigenvalue weighted by Gasteiger charge is -2.38. The largest absolute Gasteiger partial charge is 0.471 e. The SMILES string of the molecule is C[C@@H]1CCN[C@H](C(F)(F)F)[C@@H]1NC(=O)C(F)(F)F.Cl. The molecule has 10 heteroatoms. The van der Waals surface area contributed by atoms with E-state index >= 15 is 0 Å². The van der Waals surface area contributed by atoms with Crippen LogP contribution in [0.1, 0.15) is 13.3 Å². The molecule has 1 amide bonds. The van der Waals surface area contributed by atoms with E-state index in [4.69, 9.17) is 0 Å². The minimum Gasteiger partial charge on any atom is -0.343 e. The topological polar surface area (TPSA) is 41.1 Å². The van der Waals surface area contributed by atoms with Crippen molar-refractivity contribution in [2.24, 2.45) is 5.92 Å². The fourth-order valence-electron chi connectivity index (χ4n) is 1.88. The molecular weight excluding hydrogens is 302 g/mol. The van der Waals surface area contributed by atoms with E-state index in [1.54, 1.807) is 0 Å². The van der Waals surface area contributed by atoms with Gasteiger partial charge in [0.15, 0.2) is 0 Å². The van der Waals surface area contributed by atoms with Crippen molar-refractivity contribution in [2.75, 3.05) is 6.54 Å². The van der Waals surface area contributed by atoms with Crippen LogP contribution in [0.2, 0.25) is 0 Å². The van der Waals surface area contributed by atoms with E-state index in [0.717, 1.165) is 0 Å². The molecule has 0 spiro atoms. The van der Waals surface area contributed by atoms with Crippen LogP contribution in [0.15, 0.2) is 0 Å². The van der Waals surface area contributed by atoms with Crippen LogP contribution in [0, 0.1) is 5.92 Å². The monoisotopic (exact) mass is 314 g/mol. The summed E-state index contributed by atoms with van der Waals surface area (Å²) in [5, 5.41) is 3.51. The lowest BCUT2D eigenvalue weighted by molar-refractivity contribution is -0.184. The number of carbonyl (C=O) groups is 1. The molecule has 0 aromatic heterocycles. The summed E-state index contributed by atoms with van der Waals surface area (Å²) >= 11 is 0. The first-order valence-electron chi connectivity index (χ1n) is 5.21. The van der Waals surface area contributed by atoms with Gasteiger partial charge in [-0.05, 0) is 18.9 Å². The Kier molecular flexibility index (Phi) is 5.94. The van der Waals surface area contributed by atoms with Crippen LogP contribution in [-0.2, 0) is 4.79 Å². The first-order chi connectivity index (χ1) is 8.03. The molecule has 3 nitrogen and oxygen atoms in total. The molecule has 1 aliphatic rings. The number of alkyl halides is 6. The Morgan fingerprint density at radius 3 is 2.16 bits per heavy atom. The number of hydrogen-bond donors (Lipinski definition) is 2. The summed E-state index contributed by atoms with van der Waals surface area (Å²) < 4.78 is 74.0. The van der Waals surface area contributed by atoms with Crippen molar-refractivity contribution < 1.29 is 31.1 Å². The van der Waals surface area contributed by atoms with Crippen LogP contribution in [0.3, 0.4) is 0 Å². The molecule has 0 aromatic carbocycles. The molecular formula is C9H13ClF6N2O. The molecule has 1 saturated heterocycles. The smallest absolute Gasteiger partial charge is 0.343 e. The van der Waals surface area contributed by atoms with Crippen molar-refractivity contribution in [3.8, 4) is 0 Å². The Balaban J connectivity index is 0.00000324. The maximum absolute atomic E-state index is 12.6. The van der Waals surface area contributed by atoms with Gasteiger partial charge in [-0.25, -0.2) is 0 Å². The van der Waals surface area contributed by atoms with Crippen LogP contribution < -0.4 is 10.6 Å². The molecule has 114 valence electrons. The quantitative estimate of drug-likeness (QED) is 0.727. The number of halogens is 7. The molecule has 0 unspecified atom stereocenters. The molecule has 0 radical (unpaired) electrons. The Hall–Kier alpha value is -0.700. The Labute approximate surface area is 111 Å². The molecule has 2 N–H and O–H groups in total. The van der Waals surface area contributed by atoms with E-state index in [1.165, 1.54) is 12.2 Å². The van der Waals surface area contributed by atoms with Crippen LogP contribution in [0.25, 0.3) is 0 Å². The van der Waals surface area contributed by atoms with Gasteiger partial charge >= 0.3 is 18.3 Å². The molecule has 1 heterocycles. The van der Waals surface area contributed by atoms with Gasteiger partial charge in [-0.1, -0.05) is 6.92 Å². The second kappa shape index (κ2) is 6.17. The van der Waals surface area contributed by atoms with Crippen molar-refractivity contribution in [1.29, 1.82) is 0 Å². The maximum Gasteiger partial charge on any atom is 0.471 e. The van der Waals surface area contributed by atoms with E-state index in [2.05, 4.69) is 5.32 Å². The molecule has 3 atom stereocenters. The lowest BCUT2D eigenvalue weighted by atomic mass is 9.88. The zero-order valence-corrected chi connectivity index (χ0v) is 10.5. The highest BCUT2D eigenvalue weighted by molar-refractivity contribution is 5.85. The zero-order chi connectivity index (χ0) is 14.1. The van der Waals surface area contributed by atoms with Crippen LogP contribution in [-0.4, -0.2) is 36.9 Å². The third-order valence-corrected chi connectivity index (χ3v) is 2.84. The van der Waals surface area contributed by atoms with E-state index < -0.39 is 36.3 Å². The highest BCUT2D eigenvalue weighted by Gasteiger charge is 2.50. The van der Waals surface area contributed by atoms with Crippen molar-refractivity contribution in [1.82, 2.24) is 10.6 Å². The van der Waals surface area contributed by atoms with Gasteiger partial charge in [0.05, 0.1) is 6.04 Å². The van der Waals surface area contributed by atoms with E-state index in [1.807, 2.05) is 0 Å². The van der Waals surface area contributed by atoms with E-state index in [-0.39, 0.29) is 25.4 Å². The summed E-state index contributed by atoms with van der Waals surface area (Å²) in [7, 11) is 0. The first kappa shape index (κ1) is 18.3. The third-order valence-electron chi connectivity index (χ3n) is 2.84. The van der Waals surface area contributed by atoms with Crippen molar-refractivity contribution in [2.45, 2.75) is 37.8 Å². The predicted molar refractivity (Wildman–Crippen MR) is 56.9 cm³/mol. The normalized spacial score (nSPS) is 28.5. The lowest BCUT2D eigenvalue weighted by Crippen LogP contribution is -2.64. The fraction of sp³-hybridized carbons (Fsp3) is 0.889. The Morgan fingerprint density at radius 2 is 1.74 bits per heavy atom. The van der Waals surface area contributed by atoms with Crippen LogP contribution in [0.5, 0.6) is 0 Å². The number of piperidine rings is 1. The summed E-state index contributed by atoms with van der Waals surface area (Å²) in [4.78, 5) is 10.7. The Bertz CT molecular complexity index is 319. The van der Waals surface area contributed by atoms with Crippen molar-refractivity contribution in [3.05, 3.63) is 0 Å². The fourth-order valence-corrected chi connectivity index (χ4v) is 1.88. The summed E-state index contributed by atoms with van der Waals surface area (Å²) in [5.74, 6) is -3.04. The predicted octanol–water partition coefficient (Wildman–Crippen LogP) is 2.02. The molecule has 19 heavy (non-hydrogen) atoms. The minimum absolute atomic E-state index is 0. The summed E-state index contributed by atoms with van der Waals surface area (Å²) in [5.41, 5.74) is 0. The average Bonchev–Trinajstić information content (AvgIpc) is 2.17. The number of rotatable bonds is 1. The average molecular weight is 315 g/mol. The standard InChI is InChI=1S/C9H12F6N2O.ClH/c1-4-2-3-16-6(8(10,11)12)5(4)17-7(18)9(13,14)15;/h4-6,16H,2-3H2,1H3,(H,17,18);1H/t4-,5-,6+;/m1./s1. The maximum atomic E-state index is 12.6. The van der Waals surface area contributed by atoms with Gasteiger partial charge in [-0.3, -0.25) is 4.79 Å². The van der Waals surface area contributed by atoms with Gasteiger partial charge in [-0.2, -0.15) is 26.3 Å². The molecule has 0 aromatic rings. The van der Waals surface area contributed by atoms with Gasteiger partial charge in [0.2, 0.25) is 0 Å². The van der Waals surface area contributed by atoms with Crippen LogP contribution in [0.4, 0.5) is 26.3 Å². The molecule has 0 bridgehead atoms. The van der Waals surface area contributed by atoms with Gasteiger partial charge in [0, 0.05) is 0 Å². The molecule has 1 rings (SSSR count). The molecule has 0 aliphatic carbocycles. The number of hydrogen-bond acceptors (Lipinski definition) is 2. The first-order valence-corrected chi connectivity index (χ1v) is 5.21. The summed E-state index contributed by atoms with van der Waals surface area (Å²) in [6.07, 6.45) is -9.64. The minimum atomic E-state index is -5.19. The van der Waals surface area contributed by atoms with E-state index in [9.17, 15) is 31.1 Å². The highest BCUT2D eigenvalue weighted by atomic mass is 35.5. The van der Waals surface area contributed by atoms with Crippen LogP contribution >= 0.6 is 12.4 Å². The van der Waals surface area contributed by atoms with Gasteiger partial charge < -0.3 is 10.6 Å².